The zero-order valence-corrected chi connectivity index (χ0v) is 36.7. The maximum atomic E-state index is 16.8. The van der Waals surface area contributed by atoms with Gasteiger partial charge in [0.15, 0.2) is 17.3 Å². The highest BCUT2D eigenvalue weighted by Gasteiger charge is 2.42. The second-order valence-corrected chi connectivity index (χ2v) is 16.0. The largest absolute Gasteiger partial charge is 0.456 e. The number of carbonyl (C=O) groups is 2. The summed E-state index contributed by atoms with van der Waals surface area (Å²) in [4.78, 5) is 32.5. The SMILES string of the molecule is CCCc1nc(CC)c(C(=O)OCc2ccccc2C(=O)c2ccccc2)n1Cc1ccc(-c2ccccc2-c2nnnn2C(c2ccccc2)(c2ccccc2)c2ccccc2)cc1F. The number of aryl methyl sites for hydroxylation is 2. The average molecular weight is 871 g/mol. The van der Waals surface area contributed by atoms with Gasteiger partial charge in [0.25, 0.3) is 0 Å². The van der Waals surface area contributed by atoms with Gasteiger partial charge in [0, 0.05) is 34.2 Å². The number of ether oxygens (including phenoxy) is 1. The predicted molar refractivity (Wildman–Crippen MR) is 253 cm³/mol. The summed E-state index contributed by atoms with van der Waals surface area (Å²) >= 11 is 0. The molecule has 66 heavy (non-hydrogen) atoms. The first kappa shape index (κ1) is 43.2. The standard InChI is InChI=1S/C56H47FN6O3/c1-3-21-51-58-50(4-2)52(55(65)66-38-42-24-17-18-32-47(42)53(64)39-22-9-5-10-23-39)62(51)37-41-35-34-40(36-49(41)57)46-31-19-20-33-48(46)54-59-60-61-63(54)56(43-25-11-6-12-26-43,44-27-13-7-14-28-44)45-29-15-8-16-30-45/h5-20,22-36H,3-4,21,37-38H2,1-2H3. The van der Waals surface area contributed by atoms with Crippen LogP contribution in [0.25, 0.3) is 22.5 Å². The first-order valence-corrected chi connectivity index (χ1v) is 22.2. The van der Waals surface area contributed by atoms with Crippen molar-refractivity contribution >= 4 is 11.8 Å². The second-order valence-electron chi connectivity index (χ2n) is 16.0. The molecular formula is C56H47FN6O3. The predicted octanol–water partition coefficient (Wildman–Crippen LogP) is 11.3. The van der Waals surface area contributed by atoms with E-state index in [1.165, 1.54) is 6.07 Å². The third kappa shape index (κ3) is 8.25. The van der Waals surface area contributed by atoms with Crippen LogP contribution >= 0.6 is 0 Å². The zero-order valence-electron chi connectivity index (χ0n) is 36.7. The van der Waals surface area contributed by atoms with Crippen LogP contribution in [-0.2, 0) is 36.3 Å². The van der Waals surface area contributed by atoms with Gasteiger partial charge in [0.1, 0.15) is 23.8 Å². The van der Waals surface area contributed by atoms with Crippen LogP contribution in [0.2, 0.25) is 0 Å². The van der Waals surface area contributed by atoms with Crippen LogP contribution in [0.15, 0.2) is 188 Å². The Labute approximate surface area is 383 Å². The molecule has 0 radical (unpaired) electrons. The van der Waals surface area contributed by atoms with Crippen molar-refractivity contribution < 1.29 is 18.7 Å². The number of ketones is 1. The van der Waals surface area contributed by atoms with Crippen molar-refractivity contribution in [2.45, 2.75) is 51.8 Å². The summed E-state index contributed by atoms with van der Waals surface area (Å²) in [6.07, 6.45) is 1.81. The molecule has 0 saturated heterocycles. The minimum atomic E-state index is -0.981. The quantitative estimate of drug-likeness (QED) is 0.0541. The monoisotopic (exact) mass is 870 g/mol. The Balaban J connectivity index is 1.06. The summed E-state index contributed by atoms with van der Waals surface area (Å²) in [5, 5.41) is 13.7. The van der Waals surface area contributed by atoms with Gasteiger partial charge in [0.2, 0.25) is 0 Å². The zero-order chi connectivity index (χ0) is 45.5. The van der Waals surface area contributed by atoms with E-state index in [2.05, 4.69) is 46.7 Å². The normalized spacial score (nSPS) is 11.4. The third-order valence-corrected chi connectivity index (χ3v) is 12.0. The van der Waals surface area contributed by atoms with Gasteiger partial charge in [-0.05, 0) is 57.2 Å². The van der Waals surface area contributed by atoms with E-state index in [0.29, 0.717) is 63.6 Å². The highest BCUT2D eigenvalue weighted by Crippen LogP contribution is 2.43. The van der Waals surface area contributed by atoms with Gasteiger partial charge in [-0.15, -0.1) is 5.10 Å². The number of esters is 1. The molecule has 0 atom stereocenters. The maximum Gasteiger partial charge on any atom is 0.357 e. The average Bonchev–Trinajstić information content (AvgIpc) is 4.00. The molecule has 0 N–H and O–H groups in total. The Bertz CT molecular complexity index is 3020. The molecule has 0 bridgehead atoms. The van der Waals surface area contributed by atoms with Crippen LogP contribution in [0.4, 0.5) is 4.39 Å². The highest BCUT2D eigenvalue weighted by molar-refractivity contribution is 6.10. The molecule has 0 amide bonds. The number of benzene rings is 7. The molecule has 9 aromatic rings. The molecule has 0 aliphatic heterocycles. The Morgan fingerprint density at radius 3 is 1.83 bits per heavy atom. The van der Waals surface area contributed by atoms with Crippen molar-refractivity contribution in [3.8, 4) is 22.5 Å². The van der Waals surface area contributed by atoms with Gasteiger partial charge in [-0.1, -0.05) is 196 Å². The Kier molecular flexibility index (Phi) is 12.6. The fourth-order valence-electron chi connectivity index (χ4n) is 8.87. The van der Waals surface area contributed by atoms with Gasteiger partial charge < -0.3 is 9.30 Å². The van der Waals surface area contributed by atoms with Crippen LogP contribution in [0.3, 0.4) is 0 Å². The lowest BCUT2D eigenvalue weighted by atomic mass is 9.77. The lowest BCUT2D eigenvalue weighted by molar-refractivity contribution is 0.0456. The third-order valence-electron chi connectivity index (χ3n) is 12.0. The van der Waals surface area contributed by atoms with Crippen LogP contribution in [0.5, 0.6) is 0 Å². The summed E-state index contributed by atoms with van der Waals surface area (Å²) < 4.78 is 26.4. The number of nitrogens with zero attached hydrogens (tertiary/aromatic N) is 6. The van der Waals surface area contributed by atoms with Gasteiger partial charge >= 0.3 is 5.97 Å². The topological polar surface area (TPSA) is 105 Å². The number of imidazole rings is 1. The van der Waals surface area contributed by atoms with Crippen LogP contribution in [-0.4, -0.2) is 41.5 Å². The molecule has 2 heterocycles. The Morgan fingerprint density at radius 2 is 1.23 bits per heavy atom. The van der Waals surface area contributed by atoms with E-state index in [1.807, 2.05) is 128 Å². The molecule has 9 rings (SSSR count). The highest BCUT2D eigenvalue weighted by atomic mass is 19.1. The van der Waals surface area contributed by atoms with E-state index >= 15 is 4.39 Å². The number of aromatic nitrogens is 6. The molecule has 7 aromatic carbocycles. The summed E-state index contributed by atoms with van der Waals surface area (Å²) in [6.45, 7) is 3.89. The van der Waals surface area contributed by atoms with Crippen LogP contribution in [0.1, 0.15) is 86.0 Å². The molecule has 326 valence electrons. The molecule has 10 heteroatoms. The van der Waals surface area contributed by atoms with E-state index in [1.54, 1.807) is 41.0 Å². The number of halogens is 1. The molecule has 0 spiro atoms. The number of carbonyl (C=O) groups excluding carboxylic acids is 2. The Morgan fingerprint density at radius 1 is 0.652 bits per heavy atom. The van der Waals surface area contributed by atoms with E-state index in [9.17, 15) is 9.59 Å². The lowest BCUT2D eigenvalue weighted by Crippen LogP contribution is -2.39. The number of hydrogen-bond donors (Lipinski definition) is 0. The van der Waals surface area contributed by atoms with E-state index in [-0.39, 0.29) is 24.6 Å². The van der Waals surface area contributed by atoms with Crippen LogP contribution in [0, 0.1) is 5.82 Å². The fourth-order valence-corrected chi connectivity index (χ4v) is 8.87. The summed E-state index contributed by atoms with van der Waals surface area (Å²) in [5.41, 5.74) is 6.78. The minimum absolute atomic E-state index is 0.0512. The number of tetrazole rings is 1. The van der Waals surface area contributed by atoms with Gasteiger partial charge in [-0.25, -0.2) is 18.9 Å². The summed E-state index contributed by atoms with van der Waals surface area (Å²) in [7, 11) is 0. The number of rotatable bonds is 16. The minimum Gasteiger partial charge on any atom is -0.456 e. The molecule has 0 unspecified atom stereocenters. The van der Waals surface area contributed by atoms with Crippen molar-refractivity contribution in [2.75, 3.05) is 0 Å². The molecule has 2 aromatic heterocycles. The van der Waals surface area contributed by atoms with Gasteiger partial charge in [0.05, 0.1) is 12.2 Å². The maximum absolute atomic E-state index is 16.8. The van der Waals surface area contributed by atoms with Crippen molar-refractivity contribution in [3.63, 3.8) is 0 Å². The van der Waals surface area contributed by atoms with Crippen molar-refractivity contribution in [2.24, 2.45) is 0 Å². The first-order valence-electron chi connectivity index (χ1n) is 22.2. The summed E-state index contributed by atoms with van der Waals surface area (Å²) in [5.74, 6) is -0.0376. The molecule has 0 saturated carbocycles. The summed E-state index contributed by atoms with van der Waals surface area (Å²) in [6, 6.07) is 59.6. The number of hydrogen-bond acceptors (Lipinski definition) is 7. The fraction of sp³-hybridized carbons (Fsp3) is 0.143. The van der Waals surface area contributed by atoms with Gasteiger partial charge in [-0.3, -0.25) is 4.79 Å². The molecular weight excluding hydrogens is 824 g/mol. The van der Waals surface area contributed by atoms with Crippen molar-refractivity contribution in [1.29, 1.82) is 0 Å². The van der Waals surface area contributed by atoms with Crippen LogP contribution < -0.4 is 0 Å². The molecule has 0 aliphatic rings. The lowest BCUT2D eigenvalue weighted by Gasteiger charge is -2.36. The molecule has 9 nitrogen and oxygen atoms in total. The smallest absolute Gasteiger partial charge is 0.357 e. The molecule has 0 aliphatic carbocycles. The Hall–Kier alpha value is -8.11. The molecule has 0 fully saturated rings. The van der Waals surface area contributed by atoms with E-state index in [0.717, 1.165) is 28.7 Å². The van der Waals surface area contributed by atoms with E-state index < -0.39 is 17.3 Å². The second kappa shape index (κ2) is 19.3. The van der Waals surface area contributed by atoms with Crippen molar-refractivity contribution in [3.05, 3.63) is 250 Å². The van der Waals surface area contributed by atoms with E-state index in [4.69, 9.17) is 14.9 Å². The van der Waals surface area contributed by atoms with Crippen molar-refractivity contribution in [1.82, 2.24) is 29.8 Å². The first-order chi connectivity index (χ1) is 32.4. The van der Waals surface area contributed by atoms with Gasteiger partial charge in [-0.2, -0.15) is 0 Å².